The molecule has 0 radical (unpaired) electrons. The van der Waals surface area contributed by atoms with Crippen LogP contribution < -0.4 is 16.4 Å². The van der Waals surface area contributed by atoms with Crippen molar-refractivity contribution < 1.29 is 4.79 Å². The molecule has 1 aromatic carbocycles. The van der Waals surface area contributed by atoms with Crippen molar-refractivity contribution in [3.8, 4) is 0 Å². The number of amides is 2. The smallest absolute Gasteiger partial charge is 0.319 e. The Kier molecular flexibility index (Phi) is 3.57. The first-order valence-electron chi connectivity index (χ1n) is 6.46. The average molecular weight is 247 g/mol. The van der Waals surface area contributed by atoms with Gasteiger partial charge in [-0.2, -0.15) is 0 Å². The Bertz CT molecular complexity index is 438. The molecule has 0 saturated heterocycles. The fourth-order valence-corrected chi connectivity index (χ4v) is 2.76. The Morgan fingerprint density at radius 3 is 2.44 bits per heavy atom. The normalized spacial score (nSPS) is 18.3. The lowest BCUT2D eigenvalue weighted by atomic mass is 9.76. The van der Waals surface area contributed by atoms with Crippen LogP contribution in [0, 0.1) is 0 Å². The summed E-state index contributed by atoms with van der Waals surface area (Å²) in [7, 11) is 1.69. The molecule has 0 bridgehead atoms. The van der Waals surface area contributed by atoms with E-state index < -0.39 is 6.03 Å². The molecule has 0 atom stereocenters. The Morgan fingerprint density at radius 1 is 1.22 bits per heavy atom. The lowest BCUT2D eigenvalue weighted by Crippen LogP contribution is -2.41. The van der Waals surface area contributed by atoms with Crippen LogP contribution in [0.15, 0.2) is 24.3 Å². The van der Waals surface area contributed by atoms with Gasteiger partial charge < -0.3 is 11.5 Å². The standard InChI is InChI=1S/C14H21N3O/c1-17(13(15)18)12-8-4-3-7-11(12)14(16)9-5-2-6-10-14/h3-4,7-8H,2,5-6,9-10,16H2,1H3,(H2,15,18). The zero-order valence-corrected chi connectivity index (χ0v) is 10.9. The van der Waals surface area contributed by atoms with Crippen LogP contribution in [0.25, 0.3) is 0 Å². The average Bonchev–Trinajstić information content (AvgIpc) is 2.38. The second-order valence-corrected chi connectivity index (χ2v) is 5.13. The highest BCUT2D eigenvalue weighted by Gasteiger charge is 2.32. The van der Waals surface area contributed by atoms with Crippen LogP contribution in [0.1, 0.15) is 37.7 Å². The van der Waals surface area contributed by atoms with Gasteiger partial charge in [-0.05, 0) is 24.5 Å². The van der Waals surface area contributed by atoms with Gasteiger partial charge in [-0.3, -0.25) is 4.90 Å². The predicted octanol–water partition coefficient (Wildman–Crippen LogP) is 2.32. The highest BCUT2D eigenvalue weighted by molar-refractivity contribution is 5.91. The van der Waals surface area contributed by atoms with Gasteiger partial charge in [0.15, 0.2) is 0 Å². The molecule has 1 aromatic rings. The molecule has 0 unspecified atom stereocenters. The number of hydrogen-bond acceptors (Lipinski definition) is 2. The molecular weight excluding hydrogens is 226 g/mol. The molecule has 18 heavy (non-hydrogen) atoms. The van der Waals surface area contributed by atoms with Crippen molar-refractivity contribution in [3.05, 3.63) is 29.8 Å². The number of urea groups is 1. The van der Waals surface area contributed by atoms with E-state index in [1.54, 1.807) is 7.05 Å². The number of carbonyl (C=O) groups is 1. The van der Waals surface area contributed by atoms with E-state index in [1.165, 1.54) is 11.3 Å². The summed E-state index contributed by atoms with van der Waals surface area (Å²) >= 11 is 0. The number of nitrogens with zero attached hydrogens (tertiary/aromatic N) is 1. The summed E-state index contributed by atoms with van der Waals surface area (Å²) in [6.07, 6.45) is 5.47. The van der Waals surface area contributed by atoms with Gasteiger partial charge in [-0.1, -0.05) is 37.5 Å². The molecule has 0 heterocycles. The molecule has 4 N–H and O–H groups in total. The minimum atomic E-state index is -0.457. The summed E-state index contributed by atoms with van der Waals surface area (Å²) in [5, 5.41) is 0. The summed E-state index contributed by atoms with van der Waals surface area (Å²) in [6, 6.07) is 7.34. The van der Waals surface area contributed by atoms with Crippen molar-refractivity contribution >= 4 is 11.7 Å². The zero-order valence-electron chi connectivity index (χ0n) is 10.9. The van der Waals surface area contributed by atoms with Gasteiger partial charge in [0.2, 0.25) is 0 Å². The SMILES string of the molecule is CN(C(N)=O)c1ccccc1C1(N)CCCCC1. The van der Waals surface area contributed by atoms with Crippen molar-refractivity contribution in [2.75, 3.05) is 11.9 Å². The summed E-state index contributed by atoms with van der Waals surface area (Å²) in [6.45, 7) is 0. The van der Waals surface area contributed by atoms with E-state index in [0.717, 1.165) is 36.9 Å². The van der Waals surface area contributed by atoms with Gasteiger partial charge in [-0.15, -0.1) is 0 Å². The molecular formula is C14H21N3O. The number of carbonyl (C=O) groups excluding carboxylic acids is 1. The first-order chi connectivity index (χ1) is 8.54. The van der Waals surface area contributed by atoms with Gasteiger partial charge >= 0.3 is 6.03 Å². The first-order valence-corrected chi connectivity index (χ1v) is 6.46. The van der Waals surface area contributed by atoms with Crippen molar-refractivity contribution in [1.82, 2.24) is 0 Å². The summed E-state index contributed by atoms with van der Waals surface area (Å²) in [5.41, 5.74) is 13.4. The predicted molar refractivity (Wildman–Crippen MR) is 73.4 cm³/mol. The fraction of sp³-hybridized carbons (Fsp3) is 0.500. The van der Waals surface area contributed by atoms with Crippen LogP contribution in [0.3, 0.4) is 0 Å². The Morgan fingerprint density at radius 2 is 1.83 bits per heavy atom. The number of benzene rings is 1. The van der Waals surface area contributed by atoms with E-state index in [9.17, 15) is 4.79 Å². The second kappa shape index (κ2) is 4.98. The number of anilines is 1. The molecule has 4 heteroatoms. The van der Waals surface area contributed by atoms with Gasteiger partial charge in [-0.25, -0.2) is 4.79 Å². The van der Waals surface area contributed by atoms with Crippen LogP contribution in [0.2, 0.25) is 0 Å². The molecule has 2 amide bonds. The Labute approximate surface area is 108 Å². The topological polar surface area (TPSA) is 72.3 Å². The maximum Gasteiger partial charge on any atom is 0.319 e. The lowest BCUT2D eigenvalue weighted by molar-refractivity contribution is 0.254. The molecule has 0 aromatic heterocycles. The molecule has 1 aliphatic carbocycles. The van der Waals surface area contributed by atoms with Crippen LogP contribution >= 0.6 is 0 Å². The summed E-state index contributed by atoms with van der Waals surface area (Å²) in [5.74, 6) is 0. The molecule has 0 spiro atoms. The second-order valence-electron chi connectivity index (χ2n) is 5.13. The van der Waals surface area contributed by atoms with Gasteiger partial charge in [0.25, 0.3) is 0 Å². The van der Waals surface area contributed by atoms with E-state index in [1.807, 2.05) is 24.3 Å². The van der Waals surface area contributed by atoms with E-state index in [2.05, 4.69) is 0 Å². The Hall–Kier alpha value is -1.55. The number of rotatable bonds is 2. The molecule has 98 valence electrons. The highest BCUT2D eigenvalue weighted by atomic mass is 16.2. The highest BCUT2D eigenvalue weighted by Crippen LogP contribution is 2.39. The van der Waals surface area contributed by atoms with Crippen LogP contribution in [-0.4, -0.2) is 13.1 Å². The largest absolute Gasteiger partial charge is 0.351 e. The Balaban J connectivity index is 2.40. The first kappa shape index (κ1) is 12.9. The number of primary amides is 1. The molecule has 1 saturated carbocycles. The van der Waals surface area contributed by atoms with Gasteiger partial charge in [0, 0.05) is 12.6 Å². The molecule has 0 aliphatic heterocycles. The van der Waals surface area contributed by atoms with Crippen LogP contribution in [-0.2, 0) is 5.54 Å². The molecule has 1 aliphatic rings. The summed E-state index contributed by atoms with van der Waals surface area (Å²) in [4.78, 5) is 12.8. The van der Waals surface area contributed by atoms with Crippen molar-refractivity contribution in [1.29, 1.82) is 0 Å². The van der Waals surface area contributed by atoms with E-state index in [0.29, 0.717) is 0 Å². The number of para-hydroxylation sites is 1. The van der Waals surface area contributed by atoms with Gasteiger partial charge in [0.05, 0.1) is 5.69 Å². The monoisotopic (exact) mass is 247 g/mol. The third-order valence-corrected chi connectivity index (χ3v) is 3.88. The maximum atomic E-state index is 11.3. The third kappa shape index (κ3) is 2.34. The number of nitrogens with two attached hydrogens (primary N) is 2. The van der Waals surface area contributed by atoms with E-state index in [4.69, 9.17) is 11.5 Å². The van der Waals surface area contributed by atoms with Crippen molar-refractivity contribution in [2.24, 2.45) is 11.5 Å². The van der Waals surface area contributed by atoms with E-state index >= 15 is 0 Å². The van der Waals surface area contributed by atoms with E-state index in [-0.39, 0.29) is 5.54 Å². The minimum Gasteiger partial charge on any atom is -0.351 e. The maximum absolute atomic E-state index is 11.3. The lowest BCUT2D eigenvalue weighted by Gasteiger charge is -2.36. The summed E-state index contributed by atoms with van der Waals surface area (Å²) < 4.78 is 0. The number of hydrogen-bond donors (Lipinski definition) is 2. The zero-order chi connectivity index (χ0) is 13.2. The van der Waals surface area contributed by atoms with Crippen molar-refractivity contribution in [3.63, 3.8) is 0 Å². The third-order valence-electron chi connectivity index (χ3n) is 3.88. The molecule has 1 fully saturated rings. The van der Waals surface area contributed by atoms with Gasteiger partial charge in [0.1, 0.15) is 0 Å². The van der Waals surface area contributed by atoms with Crippen LogP contribution in [0.5, 0.6) is 0 Å². The van der Waals surface area contributed by atoms with Crippen LogP contribution in [0.4, 0.5) is 10.5 Å². The minimum absolute atomic E-state index is 0.321. The van der Waals surface area contributed by atoms with Crippen molar-refractivity contribution in [2.45, 2.75) is 37.6 Å². The molecule has 4 nitrogen and oxygen atoms in total. The fourth-order valence-electron chi connectivity index (χ4n) is 2.76. The molecule has 2 rings (SSSR count). The quantitative estimate of drug-likeness (QED) is 0.841.